The summed E-state index contributed by atoms with van der Waals surface area (Å²) in [6.07, 6.45) is 2.79. The number of nitrogen functional groups attached to an aromatic ring is 1. The van der Waals surface area contributed by atoms with Gasteiger partial charge in [-0.15, -0.1) is 0 Å². The van der Waals surface area contributed by atoms with E-state index in [1.807, 2.05) is 0 Å². The van der Waals surface area contributed by atoms with Gasteiger partial charge < -0.3 is 10.5 Å². The first-order chi connectivity index (χ1) is 9.45. The van der Waals surface area contributed by atoms with Crippen molar-refractivity contribution in [2.24, 2.45) is 5.10 Å². The number of rotatable bonds is 4. The van der Waals surface area contributed by atoms with Crippen molar-refractivity contribution in [2.45, 2.75) is 13.5 Å². The molecule has 0 aliphatic carbocycles. The van der Waals surface area contributed by atoms with Crippen molar-refractivity contribution in [3.63, 3.8) is 0 Å². The normalized spacial score (nSPS) is 11.4. The van der Waals surface area contributed by atoms with Crippen molar-refractivity contribution in [3.8, 4) is 5.75 Å². The van der Waals surface area contributed by atoms with Crippen LogP contribution in [0.2, 0.25) is 0 Å². The van der Waals surface area contributed by atoms with Crippen LogP contribution in [0.1, 0.15) is 11.3 Å². The number of imidazole rings is 1. The smallest absolute Gasteiger partial charge is 0.387 e. The average Bonchev–Trinajstić information content (AvgIpc) is 2.66. The summed E-state index contributed by atoms with van der Waals surface area (Å²) in [4.78, 5) is 3.92. The van der Waals surface area contributed by atoms with E-state index >= 15 is 0 Å². The van der Waals surface area contributed by atoms with Gasteiger partial charge in [0.15, 0.2) is 0 Å². The Morgan fingerprint density at radius 2 is 2.20 bits per heavy atom. The quantitative estimate of drug-likeness (QED) is 0.877. The van der Waals surface area contributed by atoms with Crippen molar-refractivity contribution < 1.29 is 17.9 Å². The highest BCUT2D eigenvalue weighted by Gasteiger charge is 2.10. The SMILES string of the molecule is Cc1cn(N=Cc2ccc(F)cc2OC(F)F)c(N)n1. The second-order valence-electron chi connectivity index (χ2n) is 3.89. The highest BCUT2D eigenvalue weighted by atomic mass is 19.3. The fourth-order valence-electron chi connectivity index (χ4n) is 1.53. The first-order valence-corrected chi connectivity index (χ1v) is 5.56. The largest absolute Gasteiger partial charge is 0.434 e. The zero-order valence-corrected chi connectivity index (χ0v) is 10.4. The standard InChI is InChI=1S/C12H11F3N4O/c1-7-6-19(12(16)18-7)17-5-8-2-3-9(13)4-10(8)20-11(14)15/h2-6,11H,1H3,(H2,16,18). The molecule has 0 aliphatic rings. The van der Waals surface area contributed by atoms with E-state index in [9.17, 15) is 13.2 Å². The second-order valence-corrected chi connectivity index (χ2v) is 3.89. The van der Waals surface area contributed by atoms with Crippen LogP contribution in [0.3, 0.4) is 0 Å². The number of ether oxygens (including phenoxy) is 1. The number of hydrogen-bond donors (Lipinski definition) is 1. The molecule has 0 saturated heterocycles. The van der Waals surface area contributed by atoms with E-state index in [1.165, 1.54) is 17.0 Å². The van der Waals surface area contributed by atoms with Crippen LogP contribution >= 0.6 is 0 Å². The highest BCUT2D eigenvalue weighted by Crippen LogP contribution is 2.20. The molecule has 0 aliphatic heterocycles. The van der Waals surface area contributed by atoms with Crippen LogP contribution in [0.15, 0.2) is 29.5 Å². The van der Waals surface area contributed by atoms with Gasteiger partial charge in [-0.2, -0.15) is 13.9 Å². The molecular formula is C12H11F3N4O. The second kappa shape index (κ2) is 5.64. The summed E-state index contributed by atoms with van der Waals surface area (Å²) in [5, 5.41) is 3.95. The van der Waals surface area contributed by atoms with Crippen LogP contribution in [-0.2, 0) is 0 Å². The van der Waals surface area contributed by atoms with Crippen LogP contribution in [0.4, 0.5) is 19.1 Å². The molecule has 2 aromatic rings. The molecule has 0 atom stereocenters. The Labute approximate surface area is 112 Å². The number of anilines is 1. The number of aromatic nitrogens is 2. The van der Waals surface area contributed by atoms with Gasteiger partial charge in [-0.1, -0.05) is 0 Å². The molecule has 1 heterocycles. The van der Waals surface area contributed by atoms with Crippen molar-refractivity contribution >= 4 is 12.2 Å². The first kappa shape index (κ1) is 13.9. The maximum Gasteiger partial charge on any atom is 0.387 e. The maximum absolute atomic E-state index is 13.0. The predicted octanol–water partition coefficient (Wildman–Crippen LogP) is 2.40. The lowest BCUT2D eigenvalue weighted by atomic mass is 10.2. The van der Waals surface area contributed by atoms with Crippen LogP contribution in [-0.4, -0.2) is 22.5 Å². The van der Waals surface area contributed by atoms with Crippen LogP contribution in [0.5, 0.6) is 5.75 Å². The van der Waals surface area contributed by atoms with Crippen LogP contribution in [0, 0.1) is 12.7 Å². The molecule has 2 N–H and O–H groups in total. The number of nitrogens with zero attached hydrogens (tertiary/aromatic N) is 3. The van der Waals surface area contributed by atoms with Crippen molar-refractivity contribution in [3.05, 3.63) is 41.5 Å². The Kier molecular flexibility index (Phi) is 3.92. The van der Waals surface area contributed by atoms with Gasteiger partial charge in [0.2, 0.25) is 5.95 Å². The Morgan fingerprint density at radius 1 is 1.45 bits per heavy atom. The minimum atomic E-state index is -3.05. The molecule has 0 unspecified atom stereocenters. The molecule has 0 bridgehead atoms. The summed E-state index contributed by atoms with van der Waals surface area (Å²) in [5.41, 5.74) is 6.42. The number of alkyl halides is 2. The van der Waals surface area contributed by atoms with Gasteiger partial charge >= 0.3 is 6.61 Å². The molecule has 5 nitrogen and oxygen atoms in total. The zero-order chi connectivity index (χ0) is 14.7. The summed E-state index contributed by atoms with van der Waals surface area (Å²) >= 11 is 0. The zero-order valence-electron chi connectivity index (χ0n) is 10.4. The summed E-state index contributed by atoms with van der Waals surface area (Å²) in [6, 6.07) is 3.24. The monoisotopic (exact) mass is 284 g/mol. The maximum atomic E-state index is 13.0. The number of nitrogens with two attached hydrogens (primary N) is 1. The number of benzene rings is 1. The summed E-state index contributed by atoms with van der Waals surface area (Å²) in [7, 11) is 0. The fourth-order valence-corrected chi connectivity index (χ4v) is 1.53. The van der Waals surface area contributed by atoms with Crippen molar-refractivity contribution in [2.75, 3.05) is 5.73 Å². The van der Waals surface area contributed by atoms with E-state index in [0.29, 0.717) is 5.69 Å². The molecule has 0 spiro atoms. The van der Waals surface area contributed by atoms with Gasteiger partial charge in [-0.25, -0.2) is 14.1 Å². The molecule has 0 radical (unpaired) electrons. The summed E-state index contributed by atoms with van der Waals surface area (Å²) in [6.45, 7) is -1.32. The van der Waals surface area contributed by atoms with Gasteiger partial charge in [-0.3, -0.25) is 0 Å². The molecule has 20 heavy (non-hydrogen) atoms. The van der Waals surface area contributed by atoms with Crippen molar-refractivity contribution in [1.29, 1.82) is 0 Å². The highest BCUT2D eigenvalue weighted by molar-refractivity contribution is 5.83. The van der Waals surface area contributed by atoms with E-state index in [0.717, 1.165) is 12.1 Å². The van der Waals surface area contributed by atoms with Gasteiger partial charge in [0.25, 0.3) is 0 Å². The molecule has 106 valence electrons. The molecular weight excluding hydrogens is 273 g/mol. The average molecular weight is 284 g/mol. The Bertz CT molecular complexity index is 640. The summed E-state index contributed by atoms with van der Waals surface area (Å²) < 4.78 is 43.0. The third-order valence-electron chi connectivity index (χ3n) is 2.35. The Hall–Kier alpha value is -2.51. The fraction of sp³-hybridized carbons (Fsp3) is 0.167. The lowest BCUT2D eigenvalue weighted by Crippen LogP contribution is -2.05. The third kappa shape index (κ3) is 3.28. The lowest BCUT2D eigenvalue weighted by molar-refractivity contribution is -0.0500. The van der Waals surface area contributed by atoms with Gasteiger partial charge in [0.05, 0.1) is 18.1 Å². The first-order valence-electron chi connectivity index (χ1n) is 5.56. The topological polar surface area (TPSA) is 65.4 Å². The molecule has 0 fully saturated rings. The van der Waals surface area contributed by atoms with Crippen LogP contribution < -0.4 is 10.5 Å². The van der Waals surface area contributed by atoms with E-state index in [2.05, 4.69) is 14.8 Å². The number of halogens is 3. The third-order valence-corrected chi connectivity index (χ3v) is 2.35. The van der Waals surface area contributed by atoms with Crippen LogP contribution in [0.25, 0.3) is 0 Å². The molecule has 0 amide bonds. The van der Waals surface area contributed by atoms with Gasteiger partial charge in [0, 0.05) is 11.6 Å². The molecule has 8 heteroatoms. The van der Waals surface area contributed by atoms with E-state index in [1.54, 1.807) is 13.1 Å². The predicted molar refractivity (Wildman–Crippen MR) is 67.4 cm³/mol. The minimum Gasteiger partial charge on any atom is -0.434 e. The van der Waals surface area contributed by atoms with Crippen molar-refractivity contribution in [1.82, 2.24) is 9.66 Å². The Morgan fingerprint density at radius 3 is 2.80 bits per heavy atom. The van der Waals surface area contributed by atoms with E-state index < -0.39 is 12.4 Å². The molecule has 0 saturated carbocycles. The number of aryl methyl sites for hydroxylation is 1. The molecule has 1 aromatic heterocycles. The molecule has 2 rings (SSSR count). The van der Waals surface area contributed by atoms with Gasteiger partial charge in [-0.05, 0) is 19.1 Å². The summed E-state index contributed by atoms with van der Waals surface area (Å²) in [5.74, 6) is -0.841. The minimum absolute atomic E-state index is 0.150. The molecule has 1 aromatic carbocycles. The Balaban J connectivity index is 2.30. The number of hydrogen-bond acceptors (Lipinski definition) is 4. The van der Waals surface area contributed by atoms with E-state index in [4.69, 9.17) is 5.73 Å². The van der Waals surface area contributed by atoms with E-state index in [-0.39, 0.29) is 17.3 Å². The lowest BCUT2D eigenvalue weighted by Gasteiger charge is -2.07. The van der Waals surface area contributed by atoms with Gasteiger partial charge in [0.1, 0.15) is 11.6 Å².